The van der Waals surface area contributed by atoms with Gasteiger partial charge < -0.3 is 9.72 Å². The number of nitrogens with one attached hydrogen (secondary N) is 1. The van der Waals surface area contributed by atoms with Crippen molar-refractivity contribution in [3.8, 4) is 0 Å². The first-order chi connectivity index (χ1) is 9.70. The van der Waals surface area contributed by atoms with Crippen molar-refractivity contribution in [3.63, 3.8) is 0 Å². The average molecular weight is 291 g/mol. The van der Waals surface area contributed by atoms with E-state index in [-0.39, 0.29) is 11.7 Å². The zero-order chi connectivity index (χ0) is 13.9. The molecule has 0 bridgehead atoms. The molecule has 1 aliphatic heterocycles. The monoisotopic (exact) mass is 291 g/mol. The zero-order valence-corrected chi connectivity index (χ0v) is 12.2. The van der Waals surface area contributed by atoms with E-state index < -0.39 is 0 Å². The number of H-pyrrole nitrogens is 1. The normalized spacial score (nSPS) is 20.1. The number of rotatable bonds is 3. The summed E-state index contributed by atoms with van der Waals surface area (Å²) in [4.78, 5) is 22.3. The van der Waals surface area contributed by atoms with Gasteiger partial charge in [0.05, 0.1) is 12.3 Å². The van der Waals surface area contributed by atoms with Crippen LogP contribution >= 0.6 is 11.3 Å². The van der Waals surface area contributed by atoms with Crippen LogP contribution < -0.4 is 5.56 Å². The van der Waals surface area contributed by atoms with Gasteiger partial charge in [-0.2, -0.15) is 0 Å². The van der Waals surface area contributed by atoms with Crippen molar-refractivity contribution in [1.82, 2.24) is 14.9 Å². The van der Waals surface area contributed by atoms with Gasteiger partial charge >= 0.3 is 0 Å². The number of ether oxygens (including phenoxy) is 1. The fourth-order valence-corrected chi connectivity index (χ4v) is 3.16. The molecular formula is C14H17N3O2S. The van der Waals surface area contributed by atoms with Crippen LogP contribution in [-0.2, 0) is 11.3 Å². The van der Waals surface area contributed by atoms with Gasteiger partial charge in [0.1, 0.15) is 11.9 Å². The fourth-order valence-electron chi connectivity index (χ4n) is 2.42. The largest absolute Gasteiger partial charge is 0.369 e. The van der Waals surface area contributed by atoms with E-state index in [4.69, 9.17) is 4.74 Å². The van der Waals surface area contributed by atoms with Gasteiger partial charge in [0.2, 0.25) is 0 Å². The maximum Gasteiger partial charge on any atom is 0.251 e. The third-order valence-electron chi connectivity index (χ3n) is 3.32. The van der Waals surface area contributed by atoms with E-state index >= 15 is 0 Å². The van der Waals surface area contributed by atoms with Crippen LogP contribution in [0.5, 0.6) is 0 Å². The predicted octanol–water partition coefficient (Wildman–Crippen LogP) is 1.71. The third kappa shape index (κ3) is 3.15. The first-order valence-electron chi connectivity index (χ1n) is 6.65. The lowest BCUT2D eigenvalue weighted by Gasteiger charge is -2.32. The highest BCUT2D eigenvalue weighted by molar-refractivity contribution is 7.09. The summed E-state index contributed by atoms with van der Waals surface area (Å²) in [5, 5.41) is 2.09. The van der Waals surface area contributed by atoms with Gasteiger partial charge in [-0.1, -0.05) is 6.07 Å². The second-order valence-electron chi connectivity index (χ2n) is 4.93. The Balaban J connectivity index is 1.72. The summed E-state index contributed by atoms with van der Waals surface area (Å²) >= 11 is 1.77. The van der Waals surface area contributed by atoms with E-state index in [9.17, 15) is 4.79 Å². The minimum absolute atomic E-state index is 0.119. The van der Waals surface area contributed by atoms with Crippen LogP contribution in [0.2, 0.25) is 0 Å². The van der Waals surface area contributed by atoms with Gasteiger partial charge in [-0.15, -0.1) is 11.3 Å². The first kappa shape index (κ1) is 13.5. The minimum Gasteiger partial charge on any atom is -0.369 e. The van der Waals surface area contributed by atoms with Gasteiger partial charge in [-0.3, -0.25) is 9.69 Å². The average Bonchev–Trinajstić information content (AvgIpc) is 2.91. The molecule has 0 saturated carbocycles. The predicted molar refractivity (Wildman–Crippen MR) is 77.9 cm³/mol. The van der Waals surface area contributed by atoms with Crippen LogP contribution in [0.3, 0.4) is 0 Å². The number of thiophene rings is 1. The van der Waals surface area contributed by atoms with Crippen molar-refractivity contribution in [2.24, 2.45) is 0 Å². The van der Waals surface area contributed by atoms with E-state index in [2.05, 4.69) is 32.4 Å². The lowest BCUT2D eigenvalue weighted by Crippen LogP contribution is -2.38. The van der Waals surface area contributed by atoms with Crippen LogP contribution in [0.4, 0.5) is 0 Å². The molecule has 6 heteroatoms. The van der Waals surface area contributed by atoms with Crippen molar-refractivity contribution in [1.29, 1.82) is 0 Å². The maximum absolute atomic E-state index is 11.5. The molecule has 0 aliphatic carbocycles. The molecule has 5 nitrogen and oxygen atoms in total. The van der Waals surface area contributed by atoms with E-state index in [1.807, 2.05) is 0 Å². The Bertz CT molecular complexity index is 624. The Kier molecular flexibility index (Phi) is 3.95. The number of morpholine rings is 1. The molecule has 0 unspecified atom stereocenters. The molecule has 1 aliphatic rings. The molecule has 1 N–H and O–H groups in total. The Morgan fingerprint density at radius 1 is 1.60 bits per heavy atom. The molecule has 0 radical (unpaired) electrons. The van der Waals surface area contributed by atoms with Gasteiger partial charge in [-0.25, -0.2) is 4.98 Å². The van der Waals surface area contributed by atoms with E-state index in [1.54, 1.807) is 18.3 Å². The molecule has 0 aromatic carbocycles. The Hall–Kier alpha value is -1.50. The van der Waals surface area contributed by atoms with E-state index in [0.29, 0.717) is 12.4 Å². The lowest BCUT2D eigenvalue weighted by molar-refractivity contribution is -0.0348. The van der Waals surface area contributed by atoms with Gasteiger partial charge in [-0.05, 0) is 18.4 Å². The molecular weight excluding hydrogens is 274 g/mol. The Morgan fingerprint density at radius 2 is 2.50 bits per heavy atom. The third-order valence-corrected chi connectivity index (χ3v) is 4.18. The summed E-state index contributed by atoms with van der Waals surface area (Å²) in [7, 11) is 0. The van der Waals surface area contributed by atoms with Crippen LogP contribution in [-0.4, -0.2) is 34.6 Å². The highest BCUT2D eigenvalue weighted by Crippen LogP contribution is 2.22. The van der Waals surface area contributed by atoms with Gasteiger partial charge in [0.15, 0.2) is 0 Å². The number of aromatic amines is 1. The molecule has 2 aromatic heterocycles. The van der Waals surface area contributed by atoms with Gasteiger partial charge in [0.25, 0.3) is 5.56 Å². The second kappa shape index (κ2) is 5.87. The summed E-state index contributed by atoms with van der Waals surface area (Å²) in [5.74, 6) is 0.631. The minimum atomic E-state index is -0.121. The quantitative estimate of drug-likeness (QED) is 0.935. The summed E-state index contributed by atoms with van der Waals surface area (Å²) < 4.78 is 5.77. The van der Waals surface area contributed by atoms with Crippen molar-refractivity contribution in [2.75, 3.05) is 19.7 Å². The molecule has 1 atom stereocenters. The SMILES string of the molecule is Cc1nc([C@H]2CN(Cc3cccs3)CCO2)cc(=O)[nH]1. The van der Waals surface area contributed by atoms with Crippen LogP contribution in [0, 0.1) is 6.92 Å². The molecule has 3 heterocycles. The highest BCUT2D eigenvalue weighted by Gasteiger charge is 2.23. The number of hydrogen-bond donors (Lipinski definition) is 1. The van der Waals surface area contributed by atoms with Crippen molar-refractivity contribution in [3.05, 3.63) is 50.3 Å². The van der Waals surface area contributed by atoms with Crippen molar-refractivity contribution < 1.29 is 4.74 Å². The molecule has 0 amide bonds. The molecule has 106 valence electrons. The summed E-state index contributed by atoms with van der Waals surface area (Å²) in [6.07, 6.45) is -0.121. The van der Waals surface area contributed by atoms with Crippen LogP contribution in [0.25, 0.3) is 0 Å². The van der Waals surface area contributed by atoms with Crippen molar-refractivity contribution >= 4 is 11.3 Å². The highest BCUT2D eigenvalue weighted by atomic mass is 32.1. The number of aromatic nitrogens is 2. The molecule has 20 heavy (non-hydrogen) atoms. The summed E-state index contributed by atoms with van der Waals surface area (Å²) in [6.45, 7) is 5.07. The van der Waals surface area contributed by atoms with E-state index in [0.717, 1.165) is 25.3 Å². The second-order valence-corrected chi connectivity index (χ2v) is 5.96. The lowest BCUT2D eigenvalue weighted by atomic mass is 10.2. The first-order valence-corrected chi connectivity index (χ1v) is 7.53. The molecule has 2 aromatic rings. The molecule has 1 saturated heterocycles. The van der Waals surface area contributed by atoms with Crippen molar-refractivity contribution in [2.45, 2.75) is 19.6 Å². The smallest absolute Gasteiger partial charge is 0.251 e. The molecule has 1 fully saturated rings. The number of nitrogens with zero attached hydrogens (tertiary/aromatic N) is 2. The Labute approximate surface area is 121 Å². The topological polar surface area (TPSA) is 58.2 Å². The van der Waals surface area contributed by atoms with Crippen LogP contribution in [0.15, 0.2) is 28.4 Å². The van der Waals surface area contributed by atoms with Gasteiger partial charge in [0, 0.05) is 30.6 Å². The maximum atomic E-state index is 11.5. The Morgan fingerprint density at radius 3 is 3.25 bits per heavy atom. The zero-order valence-electron chi connectivity index (χ0n) is 11.3. The number of aryl methyl sites for hydroxylation is 1. The van der Waals surface area contributed by atoms with E-state index in [1.165, 1.54) is 10.9 Å². The molecule has 3 rings (SSSR count). The number of hydrogen-bond acceptors (Lipinski definition) is 5. The summed E-state index contributed by atoms with van der Waals surface area (Å²) in [6, 6.07) is 5.75. The van der Waals surface area contributed by atoms with Crippen LogP contribution in [0.1, 0.15) is 22.5 Å². The molecule has 0 spiro atoms. The standard InChI is InChI=1S/C14H17N3O2S/c1-10-15-12(7-14(18)16-10)13-9-17(4-5-19-13)8-11-3-2-6-20-11/h2-3,6-7,13H,4-5,8-9H2,1H3,(H,15,16,18)/t13-/m1/s1. The fraction of sp³-hybridized carbons (Fsp3) is 0.429. The summed E-state index contributed by atoms with van der Waals surface area (Å²) in [5.41, 5.74) is 0.605.